The fourth-order valence-corrected chi connectivity index (χ4v) is 3.16. The SMILES string of the molecule is CC1(C)CCC(CCNC(=O)Cc2c[nH]c3ccccc23)OC1. The lowest BCUT2D eigenvalue weighted by Crippen LogP contribution is -2.35. The van der Waals surface area contributed by atoms with Crippen molar-refractivity contribution in [1.82, 2.24) is 10.3 Å². The van der Waals surface area contributed by atoms with Crippen molar-refractivity contribution in [3.05, 3.63) is 36.0 Å². The molecule has 0 aliphatic carbocycles. The molecular formula is C19H26N2O2. The molecule has 4 heteroatoms. The van der Waals surface area contributed by atoms with Gasteiger partial charge in [0.05, 0.1) is 19.1 Å². The second-order valence-corrected chi connectivity index (χ2v) is 7.31. The molecule has 1 amide bonds. The highest BCUT2D eigenvalue weighted by Gasteiger charge is 2.27. The number of benzene rings is 1. The lowest BCUT2D eigenvalue weighted by molar-refractivity contribution is -0.120. The third-order valence-electron chi connectivity index (χ3n) is 4.67. The van der Waals surface area contributed by atoms with Crippen LogP contribution in [0.25, 0.3) is 10.9 Å². The van der Waals surface area contributed by atoms with Gasteiger partial charge in [-0.3, -0.25) is 4.79 Å². The molecule has 4 nitrogen and oxygen atoms in total. The quantitative estimate of drug-likeness (QED) is 0.888. The Balaban J connectivity index is 1.43. The number of carbonyl (C=O) groups excluding carboxylic acids is 1. The van der Waals surface area contributed by atoms with Gasteiger partial charge in [0, 0.05) is 23.6 Å². The van der Waals surface area contributed by atoms with E-state index in [-0.39, 0.29) is 12.0 Å². The monoisotopic (exact) mass is 314 g/mol. The number of fused-ring (bicyclic) bond motifs is 1. The van der Waals surface area contributed by atoms with E-state index in [2.05, 4.69) is 24.1 Å². The molecule has 0 radical (unpaired) electrons. The number of hydrogen-bond acceptors (Lipinski definition) is 2. The Morgan fingerprint density at radius 3 is 3.00 bits per heavy atom. The fourth-order valence-electron chi connectivity index (χ4n) is 3.16. The van der Waals surface area contributed by atoms with E-state index in [1.807, 2.05) is 30.5 Å². The van der Waals surface area contributed by atoms with Crippen LogP contribution in [-0.2, 0) is 16.0 Å². The van der Waals surface area contributed by atoms with Crippen molar-refractivity contribution in [2.45, 2.75) is 45.6 Å². The summed E-state index contributed by atoms with van der Waals surface area (Å²) in [5.41, 5.74) is 2.43. The van der Waals surface area contributed by atoms with Gasteiger partial charge in [0.1, 0.15) is 0 Å². The molecule has 2 N–H and O–H groups in total. The molecule has 23 heavy (non-hydrogen) atoms. The van der Waals surface area contributed by atoms with Gasteiger partial charge >= 0.3 is 0 Å². The van der Waals surface area contributed by atoms with Crippen LogP contribution in [0.4, 0.5) is 0 Å². The zero-order chi connectivity index (χ0) is 16.3. The van der Waals surface area contributed by atoms with E-state index in [0.29, 0.717) is 18.4 Å². The van der Waals surface area contributed by atoms with Crippen LogP contribution in [0.15, 0.2) is 30.5 Å². The van der Waals surface area contributed by atoms with E-state index >= 15 is 0 Å². The van der Waals surface area contributed by atoms with E-state index in [1.54, 1.807) is 0 Å². The van der Waals surface area contributed by atoms with Crippen LogP contribution in [0.2, 0.25) is 0 Å². The van der Waals surface area contributed by atoms with Gasteiger partial charge in [-0.2, -0.15) is 0 Å². The van der Waals surface area contributed by atoms with E-state index in [0.717, 1.165) is 35.9 Å². The van der Waals surface area contributed by atoms with Gasteiger partial charge < -0.3 is 15.0 Å². The summed E-state index contributed by atoms with van der Waals surface area (Å²) in [5.74, 6) is 0.0749. The van der Waals surface area contributed by atoms with Crippen molar-refractivity contribution in [2.24, 2.45) is 5.41 Å². The molecule has 1 saturated heterocycles. The number of para-hydroxylation sites is 1. The van der Waals surface area contributed by atoms with Gasteiger partial charge in [-0.1, -0.05) is 32.0 Å². The molecular weight excluding hydrogens is 288 g/mol. The molecule has 1 aromatic heterocycles. The third kappa shape index (κ3) is 4.14. The number of ether oxygens (including phenoxy) is 1. The smallest absolute Gasteiger partial charge is 0.224 e. The Hall–Kier alpha value is -1.81. The molecule has 0 saturated carbocycles. The first kappa shape index (κ1) is 16.1. The standard InChI is InChI=1S/C19H26N2O2/c1-19(2)9-7-15(23-13-19)8-10-20-18(22)11-14-12-21-17-6-4-3-5-16(14)17/h3-6,12,15,21H,7-11,13H2,1-2H3,(H,20,22). The number of aromatic amines is 1. The van der Waals surface area contributed by atoms with Gasteiger partial charge in [-0.25, -0.2) is 0 Å². The molecule has 1 aliphatic heterocycles. The zero-order valence-electron chi connectivity index (χ0n) is 14.0. The molecule has 1 unspecified atom stereocenters. The second kappa shape index (κ2) is 6.75. The normalized spacial score (nSPS) is 20.5. The minimum absolute atomic E-state index is 0.0749. The summed E-state index contributed by atoms with van der Waals surface area (Å²) < 4.78 is 5.88. The number of aromatic nitrogens is 1. The lowest BCUT2D eigenvalue weighted by atomic mass is 9.85. The molecule has 1 fully saturated rings. The van der Waals surface area contributed by atoms with Crippen LogP contribution in [-0.4, -0.2) is 30.1 Å². The maximum absolute atomic E-state index is 12.1. The number of rotatable bonds is 5. The molecule has 124 valence electrons. The first-order valence-corrected chi connectivity index (χ1v) is 8.47. The minimum atomic E-state index is 0.0749. The van der Waals surface area contributed by atoms with Crippen molar-refractivity contribution >= 4 is 16.8 Å². The average molecular weight is 314 g/mol. The Kier molecular flexibility index (Phi) is 4.71. The lowest BCUT2D eigenvalue weighted by Gasteiger charge is -2.34. The van der Waals surface area contributed by atoms with Crippen LogP contribution in [0.5, 0.6) is 0 Å². The van der Waals surface area contributed by atoms with Crippen LogP contribution in [0, 0.1) is 5.41 Å². The van der Waals surface area contributed by atoms with Gasteiger partial charge in [-0.05, 0) is 36.3 Å². The molecule has 3 rings (SSSR count). The average Bonchev–Trinajstić information content (AvgIpc) is 2.92. The maximum atomic E-state index is 12.1. The van der Waals surface area contributed by atoms with Crippen LogP contribution >= 0.6 is 0 Å². The molecule has 1 aromatic carbocycles. The number of amides is 1. The van der Waals surface area contributed by atoms with Crippen molar-refractivity contribution < 1.29 is 9.53 Å². The molecule has 0 bridgehead atoms. The summed E-state index contributed by atoms with van der Waals surface area (Å²) in [4.78, 5) is 15.3. The number of carbonyl (C=O) groups is 1. The summed E-state index contributed by atoms with van der Waals surface area (Å²) >= 11 is 0. The van der Waals surface area contributed by atoms with Gasteiger partial charge in [-0.15, -0.1) is 0 Å². The first-order chi connectivity index (χ1) is 11.0. The summed E-state index contributed by atoms with van der Waals surface area (Å²) in [6, 6.07) is 8.07. The topological polar surface area (TPSA) is 54.1 Å². The van der Waals surface area contributed by atoms with Gasteiger partial charge in [0.2, 0.25) is 5.91 Å². The highest BCUT2D eigenvalue weighted by atomic mass is 16.5. The number of H-pyrrole nitrogens is 1. The number of nitrogens with one attached hydrogen (secondary N) is 2. The predicted molar refractivity (Wildman–Crippen MR) is 92.4 cm³/mol. The zero-order valence-corrected chi connectivity index (χ0v) is 14.0. The van der Waals surface area contributed by atoms with E-state index < -0.39 is 0 Å². The van der Waals surface area contributed by atoms with Crippen LogP contribution in [0.1, 0.15) is 38.7 Å². The Morgan fingerprint density at radius 1 is 1.39 bits per heavy atom. The molecule has 1 atom stereocenters. The van der Waals surface area contributed by atoms with E-state index in [4.69, 9.17) is 4.74 Å². The van der Waals surface area contributed by atoms with Crippen LogP contribution in [0.3, 0.4) is 0 Å². The molecule has 2 aromatic rings. The van der Waals surface area contributed by atoms with Crippen molar-refractivity contribution in [2.75, 3.05) is 13.2 Å². The summed E-state index contributed by atoms with van der Waals surface area (Å²) in [7, 11) is 0. The summed E-state index contributed by atoms with van der Waals surface area (Å²) in [6.45, 7) is 5.99. The molecule has 1 aliphatic rings. The highest BCUT2D eigenvalue weighted by molar-refractivity contribution is 5.88. The Bertz CT molecular complexity index is 665. The van der Waals surface area contributed by atoms with Crippen molar-refractivity contribution in [3.63, 3.8) is 0 Å². The van der Waals surface area contributed by atoms with E-state index in [9.17, 15) is 4.79 Å². The summed E-state index contributed by atoms with van der Waals surface area (Å²) in [6.07, 6.45) is 5.82. The minimum Gasteiger partial charge on any atom is -0.378 e. The van der Waals surface area contributed by atoms with Crippen molar-refractivity contribution in [3.8, 4) is 0 Å². The molecule has 0 spiro atoms. The largest absolute Gasteiger partial charge is 0.378 e. The second-order valence-electron chi connectivity index (χ2n) is 7.31. The molecule has 2 heterocycles. The Morgan fingerprint density at radius 2 is 2.22 bits per heavy atom. The van der Waals surface area contributed by atoms with Crippen molar-refractivity contribution in [1.29, 1.82) is 0 Å². The Labute approximate surface area is 137 Å². The highest BCUT2D eigenvalue weighted by Crippen LogP contribution is 2.30. The maximum Gasteiger partial charge on any atom is 0.224 e. The van der Waals surface area contributed by atoms with Gasteiger partial charge in [0.15, 0.2) is 0 Å². The van der Waals surface area contributed by atoms with E-state index in [1.165, 1.54) is 6.42 Å². The third-order valence-corrected chi connectivity index (χ3v) is 4.67. The number of hydrogen-bond donors (Lipinski definition) is 2. The first-order valence-electron chi connectivity index (χ1n) is 8.47. The van der Waals surface area contributed by atoms with Crippen LogP contribution < -0.4 is 5.32 Å². The summed E-state index contributed by atoms with van der Waals surface area (Å²) in [5, 5.41) is 4.15. The predicted octanol–water partition coefficient (Wildman–Crippen LogP) is 3.42. The van der Waals surface area contributed by atoms with Gasteiger partial charge in [0.25, 0.3) is 0 Å². The fraction of sp³-hybridized carbons (Fsp3) is 0.526.